The summed E-state index contributed by atoms with van der Waals surface area (Å²) in [4.78, 5) is 16.6. The summed E-state index contributed by atoms with van der Waals surface area (Å²) in [5.74, 6) is -1.49. The number of rotatable bonds is 2. The van der Waals surface area contributed by atoms with E-state index < -0.39 is 17.7 Å². The van der Waals surface area contributed by atoms with E-state index >= 15 is 0 Å². The van der Waals surface area contributed by atoms with Crippen LogP contribution in [-0.4, -0.2) is 48.1 Å². The van der Waals surface area contributed by atoms with Crippen LogP contribution in [0.5, 0.6) is 0 Å². The first kappa shape index (κ1) is 17.1. The van der Waals surface area contributed by atoms with Gasteiger partial charge in [0, 0.05) is 19.1 Å². The highest BCUT2D eigenvalue weighted by atomic mass is 19.1. The van der Waals surface area contributed by atoms with Crippen LogP contribution in [0.2, 0.25) is 0 Å². The van der Waals surface area contributed by atoms with Crippen molar-refractivity contribution in [3.63, 3.8) is 0 Å². The lowest BCUT2D eigenvalue weighted by atomic mass is 10.0. The average molecular weight is 337 g/mol. The van der Waals surface area contributed by atoms with Gasteiger partial charge in [0.1, 0.15) is 17.3 Å². The van der Waals surface area contributed by atoms with E-state index in [-0.39, 0.29) is 5.69 Å². The molecule has 1 aromatic rings. The summed E-state index contributed by atoms with van der Waals surface area (Å²) in [6.07, 6.45) is 6.98. The Balaban J connectivity index is 1.62. The highest BCUT2D eigenvalue weighted by Gasteiger charge is 2.28. The maximum atomic E-state index is 13.7. The van der Waals surface area contributed by atoms with Gasteiger partial charge in [0.2, 0.25) is 0 Å². The lowest BCUT2D eigenvalue weighted by Crippen LogP contribution is -2.51. The first-order chi connectivity index (χ1) is 11.6. The second-order valence-corrected chi connectivity index (χ2v) is 6.72. The van der Waals surface area contributed by atoms with Crippen LogP contribution in [0.3, 0.4) is 0 Å². The molecule has 1 atom stereocenters. The second-order valence-electron chi connectivity index (χ2n) is 6.72. The summed E-state index contributed by atoms with van der Waals surface area (Å²) < 4.78 is 27.4. The molecule has 132 valence electrons. The molecule has 6 heteroatoms. The van der Waals surface area contributed by atoms with Gasteiger partial charge in [-0.2, -0.15) is 0 Å². The second kappa shape index (κ2) is 7.92. The van der Waals surface area contributed by atoms with Gasteiger partial charge in [-0.1, -0.05) is 18.9 Å². The molecule has 2 aliphatic rings. The van der Waals surface area contributed by atoms with E-state index in [1.807, 2.05) is 0 Å². The number of amides is 2. The smallest absolute Gasteiger partial charge is 0.322 e. The van der Waals surface area contributed by atoms with E-state index in [4.69, 9.17) is 0 Å². The van der Waals surface area contributed by atoms with Crippen molar-refractivity contribution in [1.29, 1.82) is 0 Å². The quantitative estimate of drug-likeness (QED) is 0.890. The molecule has 2 saturated heterocycles. The van der Waals surface area contributed by atoms with E-state index in [2.05, 4.69) is 10.2 Å². The summed E-state index contributed by atoms with van der Waals surface area (Å²) in [7, 11) is 0. The molecule has 0 spiro atoms. The van der Waals surface area contributed by atoms with Crippen LogP contribution in [0, 0.1) is 11.6 Å². The molecule has 1 aromatic carbocycles. The van der Waals surface area contributed by atoms with Gasteiger partial charge >= 0.3 is 6.03 Å². The van der Waals surface area contributed by atoms with Crippen LogP contribution in [0.25, 0.3) is 0 Å². The third-order valence-corrected chi connectivity index (χ3v) is 5.04. The third-order valence-electron chi connectivity index (χ3n) is 5.04. The minimum atomic E-state index is -0.746. The lowest BCUT2D eigenvalue weighted by molar-refractivity contribution is 0.116. The highest BCUT2D eigenvalue weighted by molar-refractivity contribution is 5.89. The molecule has 0 saturated carbocycles. The number of hydrogen-bond acceptors (Lipinski definition) is 2. The SMILES string of the molecule is O=C(Nc1c(F)cccc1F)N1CCC[C@@H](N2CCCCCC2)C1. The Bertz CT molecular complexity index is 553. The predicted octanol–water partition coefficient (Wildman–Crippen LogP) is 3.84. The van der Waals surface area contributed by atoms with Gasteiger partial charge in [0.15, 0.2) is 0 Å². The van der Waals surface area contributed by atoms with E-state index in [9.17, 15) is 13.6 Å². The molecule has 0 unspecified atom stereocenters. The molecule has 2 amide bonds. The maximum Gasteiger partial charge on any atom is 0.322 e. The Morgan fingerprint density at radius 1 is 1.00 bits per heavy atom. The first-order valence-electron chi connectivity index (χ1n) is 8.89. The Morgan fingerprint density at radius 2 is 1.67 bits per heavy atom. The number of likely N-dealkylation sites (tertiary alicyclic amines) is 2. The number of hydrogen-bond donors (Lipinski definition) is 1. The number of carbonyl (C=O) groups is 1. The Labute approximate surface area is 141 Å². The van der Waals surface area contributed by atoms with Crippen molar-refractivity contribution in [3.8, 4) is 0 Å². The van der Waals surface area contributed by atoms with Crippen molar-refractivity contribution < 1.29 is 13.6 Å². The number of para-hydroxylation sites is 1. The van der Waals surface area contributed by atoms with E-state index in [0.29, 0.717) is 19.1 Å². The monoisotopic (exact) mass is 337 g/mol. The minimum absolute atomic E-state index is 0.355. The van der Waals surface area contributed by atoms with Crippen LogP contribution in [0.1, 0.15) is 38.5 Å². The topological polar surface area (TPSA) is 35.6 Å². The van der Waals surface area contributed by atoms with Crippen molar-refractivity contribution >= 4 is 11.7 Å². The molecule has 0 radical (unpaired) electrons. The van der Waals surface area contributed by atoms with E-state index in [1.54, 1.807) is 4.90 Å². The van der Waals surface area contributed by atoms with Crippen molar-refractivity contribution in [3.05, 3.63) is 29.8 Å². The van der Waals surface area contributed by atoms with Crippen LogP contribution < -0.4 is 5.32 Å². The van der Waals surface area contributed by atoms with Crippen LogP contribution in [0.4, 0.5) is 19.3 Å². The van der Waals surface area contributed by atoms with Gasteiger partial charge in [-0.05, 0) is 50.9 Å². The van der Waals surface area contributed by atoms with Crippen LogP contribution >= 0.6 is 0 Å². The highest BCUT2D eigenvalue weighted by Crippen LogP contribution is 2.22. The summed E-state index contributed by atoms with van der Waals surface area (Å²) in [5.41, 5.74) is -0.362. The molecule has 2 aliphatic heterocycles. The molecular formula is C18H25F2N3O. The molecule has 0 aromatic heterocycles. The van der Waals surface area contributed by atoms with Crippen molar-refractivity contribution in [1.82, 2.24) is 9.80 Å². The molecule has 3 rings (SSSR count). The Morgan fingerprint density at radius 3 is 2.33 bits per heavy atom. The van der Waals surface area contributed by atoms with Gasteiger partial charge in [-0.3, -0.25) is 4.90 Å². The molecule has 1 N–H and O–H groups in total. The van der Waals surface area contributed by atoms with Gasteiger partial charge in [0.25, 0.3) is 0 Å². The largest absolute Gasteiger partial charge is 0.323 e. The third kappa shape index (κ3) is 4.04. The maximum absolute atomic E-state index is 13.7. The summed E-state index contributed by atoms with van der Waals surface area (Å²) in [6.45, 7) is 3.43. The average Bonchev–Trinajstić information content (AvgIpc) is 2.87. The van der Waals surface area contributed by atoms with E-state index in [0.717, 1.165) is 38.1 Å². The lowest BCUT2D eigenvalue weighted by Gasteiger charge is -2.39. The summed E-state index contributed by atoms with van der Waals surface area (Å²) >= 11 is 0. The molecule has 24 heavy (non-hydrogen) atoms. The van der Waals surface area contributed by atoms with Crippen LogP contribution in [0.15, 0.2) is 18.2 Å². The number of nitrogens with zero attached hydrogens (tertiary/aromatic N) is 2. The Kier molecular flexibility index (Phi) is 5.66. The standard InChI is InChI=1S/C18H25F2N3O/c19-15-8-5-9-16(20)17(15)21-18(24)23-12-6-7-14(13-23)22-10-3-1-2-4-11-22/h5,8-9,14H,1-4,6-7,10-13H2,(H,21,24)/t14-/m1/s1. The predicted molar refractivity (Wildman–Crippen MR) is 90.0 cm³/mol. The molecule has 4 nitrogen and oxygen atoms in total. The summed E-state index contributed by atoms with van der Waals surface area (Å²) in [6, 6.07) is 3.52. The number of benzene rings is 1. The van der Waals surface area contributed by atoms with E-state index in [1.165, 1.54) is 31.7 Å². The fourth-order valence-electron chi connectivity index (χ4n) is 3.70. The fraction of sp³-hybridized carbons (Fsp3) is 0.611. The van der Waals surface area contributed by atoms with Crippen molar-refractivity contribution in [2.75, 3.05) is 31.5 Å². The molecule has 2 heterocycles. The zero-order valence-electron chi connectivity index (χ0n) is 13.9. The van der Waals surface area contributed by atoms with Crippen molar-refractivity contribution in [2.45, 2.75) is 44.6 Å². The minimum Gasteiger partial charge on any atom is -0.323 e. The fourth-order valence-corrected chi connectivity index (χ4v) is 3.70. The normalized spacial score (nSPS) is 22.9. The zero-order chi connectivity index (χ0) is 16.9. The zero-order valence-corrected chi connectivity index (χ0v) is 13.9. The number of piperidine rings is 1. The first-order valence-corrected chi connectivity index (χ1v) is 8.89. The Hall–Kier alpha value is -1.69. The molecule has 2 fully saturated rings. The van der Waals surface area contributed by atoms with Gasteiger partial charge in [0.05, 0.1) is 0 Å². The number of halogens is 2. The number of anilines is 1. The molecule has 0 aliphatic carbocycles. The van der Waals surface area contributed by atoms with Gasteiger partial charge in [-0.15, -0.1) is 0 Å². The molecular weight excluding hydrogens is 312 g/mol. The number of nitrogens with one attached hydrogen (secondary N) is 1. The van der Waals surface area contributed by atoms with Crippen molar-refractivity contribution in [2.24, 2.45) is 0 Å². The number of carbonyl (C=O) groups excluding carboxylic acids is 1. The number of urea groups is 1. The van der Waals surface area contributed by atoms with Crippen LogP contribution in [-0.2, 0) is 0 Å². The molecule has 0 bridgehead atoms. The summed E-state index contributed by atoms with van der Waals surface area (Å²) in [5, 5.41) is 2.40. The van der Waals surface area contributed by atoms with Gasteiger partial charge < -0.3 is 10.2 Å². The van der Waals surface area contributed by atoms with Gasteiger partial charge in [-0.25, -0.2) is 13.6 Å².